The van der Waals surface area contributed by atoms with E-state index in [-0.39, 0.29) is 18.2 Å². The molecule has 0 aliphatic rings. The van der Waals surface area contributed by atoms with Crippen LogP contribution in [0.1, 0.15) is 31.7 Å². The van der Waals surface area contributed by atoms with Crippen LogP contribution in [0.15, 0.2) is 30.3 Å². The molecule has 0 atom stereocenters. The molecular weight excluding hydrogens is 219 g/mol. The lowest BCUT2D eigenvalue weighted by Gasteiger charge is -2.00. The molecule has 0 aliphatic heterocycles. The van der Waals surface area contributed by atoms with Gasteiger partial charge in [-0.05, 0) is 24.1 Å². The number of ether oxygens (including phenoxy) is 1. The average Bonchev–Trinajstić information content (AvgIpc) is 2.32. The molecule has 0 amide bonds. The van der Waals surface area contributed by atoms with Crippen molar-refractivity contribution < 1.29 is 13.9 Å². The molecule has 0 fully saturated rings. The van der Waals surface area contributed by atoms with Crippen molar-refractivity contribution in [1.29, 1.82) is 0 Å². The minimum absolute atomic E-state index is 0.225. The van der Waals surface area contributed by atoms with Crippen LogP contribution in [0.2, 0.25) is 0 Å². The van der Waals surface area contributed by atoms with Crippen LogP contribution in [0.25, 0.3) is 6.08 Å². The standard InChI is InChI=1S/C14H17FO2/c1-2-3-11-17-14(16)6-4-5-12-7-9-13(15)10-8-12/h4-5,7-10H,2-3,6,11H2,1H3/b5-4+. The summed E-state index contributed by atoms with van der Waals surface area (Å²) in [5, 5.41) is 0. The lowest BCUT2D eigenvalue weighted by Crippen LogP contribution is -2.03. The third-order valence-corrected chi connectivity index (χ3v) is 2.23. The number of rotatable bonds is 6. The van der Waals surface area contributed by atoms with Gasteiger partial charge in [0.1, 0.15) is 5.82 Å². The summed E-state index contributed by atoms with van der Waals surface area (Å²) in [6.07, 6.45) is 5.66. The van der Waals surface area contributed by atoms with Crippen molar-refractivity contribution in [2.45, 2.75) is 26.2 Å². The smallest absolute Gasteiger partial charge is 0.309 e. The summed E-state index contributed by atoms with van der Waals surface area (Å²) in [7, 11) is 0. The van der Waals surface area contributed by atoms with E-state index in [4.69, 9.17) is 4.74 Å². The molecule has 0 unspecified atom stereocenters. The third-order valence-electron chi connectivity index (χ3n) is 2.23. The van der Waals surface area contributed by atoms with Crippen LogP contribution >= 0.6 is 0 Å². The van der Waals surface area contributed by atoms with Crippen LogP contribution in [-0.4, -0.2) is 12.6 Å². The Morgan fingerprint density at radius 2 is 2.06 bits per heavy atom. The van der Waals surface area contributed by atoms with Gasteiger partial charge in [-0.15, -0.1) is 0 Å². The predicted octanol–water partition coefficient (Wildman–Crippen LogP) is 3.57. The molecule has 0 bridgehead atoms. The van der Waals surface area contributed by atoms with Gasteiger partial charge in [0.2, 0.25) is 0 Å². The summed E-state index contributed by atoms with van der Waals surface area (Å²) in [6.45, 7) is 2.53. The van der Waals surface area contributed by atoms with E-state index < -0.39 is 0 Å². The van der Waals surface area contributed by atoms with Gasteiger partial charge in [0.15, 0.2) is 0 Å². The van der Waals surface area contributed by atoms with Gasteiger partial charge < -0.3 is 4.74 Å². The van der Waals surface area contributed by atoms with Gasteiger partial charge in [0, 0.05) is 0 Å². The zero-order chi connectivity index (χ0) is 12.5. The maximum absolute atomic E-state index is 12.6. The van der Waals surface area contributed by atoms with E-state index in [1.165, 1.54) is 12.1 Å². The topological polar surface area (TPSA) is 26.3 Å². The van der Waals surface area contributed by atoms with Gasteiger partial charge >= 0.3 is 5.97 Å². The molecule has 2 nitrogen and oxygen atoms in total. The number of esters is 1. The Kier molecular flexibility index (Phi) is 6.00. The van der Waals surface area contributed by atoms with E-state index in [0.29, 0.717) is 6.61 Å². The maximum Gasteiger partial charge on any atom is 0.309 e. The van der Waals surface area contributed by atoms with Crippen LogP contribution in [0.5, 0.6) is 0 Å². The second-order valence-electron chi connectivity index (χ2n) is 3.73. The van der Waals surface area contributed by atoms with E-state index in [1.807, 2.05) is 6.92 Å². The first-order valence-corrected chi connectivity index (χ1v) is 5.80. The Balaban J connectivity index is 2.29. The minimum Gasteiger partial charge on any atom is -0.465 e. The monoisotopic (exact) mass is 236 g/mol. The first-order chi connectivity index (χ1) is 8.22. The minimum atomic E-state index is -0.263. The van der Waals surface area contributed by atoms with Gasteiger partial charge in [-0.25, -0.2) is 4.39 Å². The Bertz CT molecular complexity index is 368. The van der Waals surface area contributed by atoms with Crippen LogP contribution < -0.4 is 0 Å². The molecule has 1 aromatic carbocycles. The number of carbonyl (C=O) groups is 1. The van der Waals surface area contributed by atoms with Crippen molar-refractivity contribution in [3.63, 3.8) is 0 Å². The fraction of sp³-hybridized carbons (Fsp3) is 0.357. The van der Waals surface area contributed by atoms with Gasteiger partial charge in [0.25, 0.3) is 0 Å². The Labute approximate surface area is 101 Å². The number of benzene rings is 1. The number of halogens is 1. The maximum atomic E-state index is 12.6. The Hall–Kier alpha value is -1.64. The molecule has 1 rings (SSSR count). The van der Waals surface area contributed by atoms with Crippen molar-refractivity contribution in [1.82, 2.24) is 0 Å². The van der Waals surface area contributed by atoms with Crippen molar-refractivity contribution in [3.05, 3.63) is 41.7 Å². The summed E-state index contributed by atoms with van der Waals surface area (Å²) >= 11 is 0. The first-order valence-electron chi connectivity index (χ1n) is 5.80. The van der Waals surface area contributed by atoms with Gasteiger partial charge in [-0.3, -0.25) is 4.79 Å². The highest BCUT2D eigenvalue weighted by molar-refractivity contribution is 5.72. The summed E-state index contributed by atoms with van der Waals surface area (Å²) in [6, 6.07) is 6.10. The summed E-state index contributed by atoms with van der Waals surface area (Å²) in [5.41, 5.74) is 0.868. The second kappa shape index (κ2) is 7.60. The molecule has 0 aromatic heterocycles. The quantitative estimate of drug-likeness (QED) is 0.557. The van der Waals surface area contributed by atoms with Crippen LogP contribution in [0.4, 0.5) is 4.39 Å². The molecule has 0 N–H and O–H groups in total. The molecule has 3 heteroatoms. The average molecular weight is 236 g/mol. The van der Waals surface area contributed by atoms with Crippen LogP contribution in [0, 0.1) is 5.82 Å². The van der Waals surface area contributed by atoms with Gasteiger partial charge in [-0.2, -0.15) is 0 Å². The fourth-order valence-electron chi connectivity index (χ4n) is 1.25. The Morgan fingerprint density at radius 1 is 1.35 bits per heavy atom. The lowest BCUT2D eigenvalue weighted by atomic mass is 10.2. The number of hydrogen-bond acceptors (Lipinski definition) is 2. The fourth-order valence-corrected chi connectivity index (χ4v) is 1.25. The van der Waals surface area contributed by atoms with Crippen molar-refractivity contribution in [2.75, 3.05) is 6.61 Å². The van der Waals surface area contributed by atoms with Crippen molar-refractivity contribution >= 4 is 12.0 Å². The summed E-state index contributed by atoms with van der Waals surface area (Å²) in [4.78, 5) is 11.2. The predicted molar refractivity (Wildman–Crippen MR) is 65.9 cm³/mol. The van der Waals surface area contributed by atoms with E-state index in [1.54, 1.807) is 24.3 Å². The molecule has 92 valence electrons. The molecule has 17 heavy (non-hydrogen) atoms. The zero-order valence-corrected chi connectivity index (χ0v) is 9.99. The molecule has 0 aliphatic carbocycles. The Morgan fingerprint density at radius 3 is 2.71 bits per heavy atom. The molecule has 0 saturated heterocycles. The van der Waals surface area contributed by atoms with Gasteiger partial charge in [0.05, 0.1) is 13.0 Å². The largest absolute Gasteiger partial charge is 0.465 e. The highest BCUT2D eigenvalue weighted by Crippen LogP contribution is 2.05. The molecule has 0 heterocycles. The number of hydrogen-bond donors (Lipinski definition) is 0. The molecule has 1 aromatic rings. The van der Waals surface area contributed by atoms with Crippen molar-refractivity contribution in [2.24, 2.45) is 0 Å². The summed E-state index contributed by atoms with van der Waals surface area (Å²) in [5.74, 6) is -0.488. The molecular formula is C14H17FO2. The highest BCUT2D eigenvalue weighted by atomic mass is 19.1. The lowest BCUT2D eigenvalue weighted by molar-refractivity contribution is -0.142. The van der Waals surface area contributed by atoms with Gasteiger partial charge in [-0.1, -0.05) is 37.6 Å². The van der Waals surface area contributed by atoms with E-state index in [9.17, 15) is 9.18 Å². The zero-order valence-electron chi connectivity index (χ0n) is 9.99. The van der Waals surface area contributed by atoms with E-state index >= 15 is 0 Å². The summed E-state index contributed by atoms with van der Waals surface area (Å²) < 4.78 is 17.6. The van der Waals surface area contributed by atoms with Crippen LogP contribution in [-0.2, 0) is 9.53 Å². The van der Waals surface area contributed by atoms with Crippen molar-refractivity contribution in [3.8, 4) is 0 Å². The second-order valence-corrected chi connectivity index (χ2v) is 3.73. The van der Waals surface area contributed by atoms with E-state index in [0.717, 1.165) is 18.4 Å². The number of unbranched alkanes of at least 4 members (excludes halogenated alkanes) is 1. The highest BCUT2D eigenvalue weighted by Gasteiger charge is 1.98. The molecule has 0 saturated carbocycles. The normalized spacial score (nSPS) is 10.7. The van der Waals surface area contributed by atoms with Crippen LogP contribution in [0.3, 0.4) is 0 Å². The first kappa shape index (κ1) is 13.4. The number of carbonyl (C=O) groups excluding carboxylic acids is 1. The molecule has 0 spiro atoms. The SMILES string of the molecule is CCCCOC(=O)C/C=C/c1ccc(F)cc1. The molecule has 0 radical (unpaired) electrons. The van der Waals surface area contributed by atoms with E-state index in [2.05, 4.69) is 0 Å². The third kappa shape index (κ3) is 5.85.